The third kappa shape index (κ3) is 2.61. The molecule has 0 aliphatic heterocycles. The van der Waals surface area contributed by atoms with E-state index in [-0.39, 0.29) is 0 Å². The summed E-state index contributed by atoms with van der Waals surface area (Å²) in [4.78, 5) is 0. The second-order valence-electron chi connectivity index (χ2n) is 5.29. The number of methoxy groups -OCH3 is 1. The summed E-state index contributed by atoms with van der Waals surface area (Å²) in [6, 6.07) is 6.31. The molecule has 2 rings (SSSR count). The van der Waals surface area contributed by atoms with Crippen molar-refractivity contribution in [3.05, 3.63) is 23.8 Å². The van der Waals surface area contributed by atoms with Crippen molar-refractivity contribution in [2.24, 2.45) is 11.1 Å². The highest BCUT2D eigenvalue weighted by molar-refractivity contribution is 5.51. The molecule has 0 spiro atoms. The molecule has 3 N–H and O–H groups in total. The van der Waals surface area contributed by atoms with Gasteiger partial charge in [0.05, 0.1) is 7.11 Å². The predicted octanol–water partition coefficient (Wildman–Crippen LogP) is 2.80. The van der Waals surface area contributed by atoms with Crippen LogP contribution in [0, 0.1) is 5.41 Å². The van der Waals surface area contributed by atoms with Crippen molar-refractivity contribution in [2.45, 2.75) is 32.6 Å². The number of ether oxygens (including phenoxy) is 1. The van der Waals surface area contributed by atoms with Gasteiger partial charge in [-0.1, -0.05) is 13.3 Å². The van der Waals surface area contributed by atoms with Crippen molar-refractivity contribution in [1.82, 2.24) is 0 Å². The van der Waals surface area contributed by atoms with Crippen molar-refractivity contribution in [3.8, 4) is 5.75 Å². The molecule has 0 heterocycles. The van der Waals surface area contributed by atoms with Crippen molar-refractivity contribution in [2.75, 3.05) is 25.5 Å². The van der Waals surface area contributed by atoms with Crippen molar-refractivity contribution in [3.63, 3.8) is 0 Å². The number of aryl methyl sites for hydroxylation is 1. The molecule has 1 aliphatic carbocycles. The van der Waals surface area contributed by atoms with Crippen molar-refractivity contribution >= 4 is 5.69 Å². The van der Waals surface area contributed by atoms with E-state index in [9.17, 15) is 0 Å². The van der Waals surface area contributed by atoms with Crippen LogP contribution in [0.3, 0.4) is 0 Å². The first-order chi connectivity index (χ1) is 8.73. The van der Waals surface area contributed by atoms with Gasteiger partial charge in [0.1, 0.15) is 5.75 Å². The highest BCUT2D eigenvalue weighted by Crippen LogP contribution is 2.40. The Morgan fingerprint density at radius 2 is 2.17 bits per heavy atom. The Bertz CT molecular complexity index is 394. The zero-order valence-electron chi connectivity index (χ0n) is 11.5. The van der Waals surface area contributed by atoms with Gasteiger partial charge in [-0.25, -0.2) is 0 Å². The van der Waals surface area contributed by atoms with Crippen LogP contribution >= 0.6 is 0 Å². The van der Waals surface area contributed by atoms with Crippen LogP contribution in [0.15, 0.2) is 18.2 Å². The first kappa shape index (κ1) is 13.2. The fourth-order valence-corrected chi connectivity index (χ4v) is 2.58. The van der Waals surface area contributed by atoms with Crippen LogP contribution in [0.1, 0.15) is 31.7 Å². The first-order valence-electron chi connectivity index (χ1n) is 6.84. The molecule has 18 heavy (non-hydrogen) atoms. The molecule has 0 radical (unpaired) electrons. The number of hydrogen-bond donors (Lipinski definition) is 2. The highest BCUT2D eigenvalue weighted by Gasteiger charge is 2.35. The van der Waals surface area contributed by atoms with E-state index in [1.165, 1.54) is 30.5 Å². The molecule has 1 aromatic rings. The lowest BCUT2D eigenvalue weighted by molar-refractivity contribution is 0.163. The van der Waals surface area contributed by atoms with Gasteiger partial charge in [0.2, 0.25) is 0 Å². The lowest BCUT2D eigenvalue weighted by Gasteiger charge is -2.41. The fraction of sp³-hybridized carbons (Fsp3) is 0.600. The van der Waals surface area contributed by atoms with E-state index in [2.05, 4.69) is 24.4 Å². The average molecular weight is 248 g/mol. The van der Waals surface area contributed by atoms with E-state index in [0.717, 1.165) is 25.3 Å². The maximum absolute atomic E-state index is 5.87. The Kier molecular flexibility index (Phi) is 4.12. The monoisotopic (exact) mass is 248 g/mol. The fourth-order valence-electron chi connectivity index (χ4n) is 2.58. The van der Waals surface area contributed by atoms with E-state index >= 15 is 0 Å². The van der Waals surface area contributed by atoms with Crippen LogP contribution in [-0.4, -0.2) is 20.2 Å². The number of hydrogen-bond acceptors (Lipinski definition) is 3. The molecule has 1 aliphatic rings. The second-order valence-corrected chi connectivity index (χ2v) is 5.29. The molecule has 3 heteroatoms. The van der Waals surface area contributed by atoms with E-state index in [4.69, 9.17) is 10.5 Å². The quantitative estimate of drug-likeness (QED) is 0.814. The summed E-state index contributed by atoms with van der Waals surface area (Å²) in [5.41, 5.74) is 8.64. The van der Waals surface area contributed by atoms with E-state index < -0.39 is 0 Å². The van der Waals surface area contributed by atoms with Crippen LogP contribution in [0.2, 0.25) is 0 Å². The predicted molar refractivity (Wildman–Crippen MR) is 76.2 cm³/mol. The molecule has 1 fully saturated rings. The third-order valence-electron chi connectivity index (χ3n) is 4.18. The Morgan fingerprint density at radius 1 is 1.39 bits per heavy atom. The lowest BCUT2D eigenvalue weighted by Crippen LogP contribution is -2.42. The zero-order chi connectivity index (χ0) is 13.0. The Balaban J connectivity index is 2.01. The molecule has 3 nitrogen and oxygen atoms in total. The largest absolute Gasteiger partial charge is 0.496 e. The summed E-state index contributed by atoms with van der Waals surface area (Å²) in [5, 5.41) is 3.53. The Morgan fingerprint density at radius 3 is 2.67 bits per heavy atom. The molecule has 0 unspecified atom stereocenters. The van der Waals surface area contributed by atoms with Gasteiger partial charge in [-0.3, -0.25) is 0 Å². The standard InChI is InChI=1S/C15H24N2O/c1-3-12-9-13(5-6-14(12)18-2)17-11-15(10-16)7-4-8-15/h5-6,9,17H,3-4,7-8,10-11,16H2,1-2H3. The van der Waals surface area contributed by atoms with Gasteiger partial charge in [-0.2, -0.15) is 0 Å². The molecule has 0 bridgehead atoms. The minimum Gasteiger partial charge on any atom is -0.496 e. The smallest absolute Gasteiger partial charge is 0.122 e. The van der Waals surface area contributed by atoms with Crippen LogP contribution in [0.25, 0.3) is 0 Å². The first-order valence-corrected chi connectivity index (χ1v) is 6.84. The van der Waals surface area contributed by atoms with E-state index in [1.54, 1.807) is 7.11 Å². The number of rotatable bonds is 6. The number of nitrogens with two attached hydrogens (primary N) is 1. The zero-order valence-corrected chi connectivity index (χ0v) is 11.5. The minimum absolute atomic E-state index is 0.340. The lowest BCUT2D eigenvalue weighted by atomic mass is 9.69. The minimum atomic E-state index is 0.340. The van der Waals surface area contributed by atoms with Gasteiger partial charge in [-0.05, 0) is 55.0 Å². The number of benzene rings is 1. The molecule has 0 amide bonds. The molecule has 0 aromatic heterocycles. The van der Waals surface area contributed by atoms with Gasteiger partial charge < -0.3 is 15.8 Å². The highest BCUT2D eigenvalue weighted by atomic mass is 16.5. The van der Waals surface area contributed by atoms with Gasteiger partial charge in [0.25, 0.3) is 0 Å². The van der Waals surface area contributed by atoms with Gasteiger partial charge in [-0.15, -0.1) is 0 Å². The van der Waals surface area contributed by atoms with Crippen LogP contribution in [0.4, 0.5) is 5.69 Å². The molecule has 0 saturated heterocycles. The Hall–Kier alpha value is -1.22. The molecule has 100 valence electrons. The van der Waals surface area contributed by atoms with Crippen molar-refractivity contribution < 1.29 is 4.74 Å². The summed E-state index contributed by atoms with van der Waals surface area (Å²) in [6.45, 7) is 3.92. The molecule has 1 aromatic carbocycles. The summed E-state index contributed by atoms with van der Waals surface area (Å²) in [5.74, 6) is 0.972. The Labute approximate surface area is 110 Å². The van der Waals surface area contributed by atoms with E-state index in [0.29, 0.717) is 5.41 Å². The summed E-state index contributed by atoms with van der Waals surface area (Å²) >= 11 is 0. The summed E-state index contributed by atoms with van der Waals surface area (Å²) in [6.07, 6.45) is 4.82. The second kappa shape index (κ2) is 5.61. The molecule has 0 atom stereocenters. The molecular weight excluding hydrogens is 224 g/mol. The normalized spacial score (nSPS) is 17.1. The van der Waals surface area contributed by atoms with Crippen LogP contribution in [0.5, 0.6) is 5.75 Å². The average Bonchev–Trinajstić information content (AvgIpc) is 2.37. The van der Waals surface area contributed by atoms with Gasteiger partial charge >= 0.3 is 0 Å². The number of anilines is 1. The summed E-state index contributed by atoms with van der Waals surface area (Å²) in [7, 11) is 1.72. The van der Waals surface area contributed by atoms with Crippen LogP contribution < -0.4 is 15.8 Å². The third-order valence-corrected chi connectivity index (χ3v) is 4.18. The SMILES string of the molecule is CCc1cc(NCC2(CN)CCC2)ccc1OC. The summed E-state index contributed by atoms with van der Waals surface area (Å²) < 4.78 is 5.34. The number of nitrogens with one attached hydrogen (secondary N) is 1. The maximum Gasteiger partial charge on any atom is 0.122 e. The van der Waals surface area contributed by atoms with Gasteiger partial charge in [0, 0.05) is 12.2 Å². The molecule has 1 saturated carbocycles. The van der Waals surface area contributed by atoms with Gasteiger partial charge in [0.15, 0.2) is 0 Å². The van der Waals surface area contributed by atoms with E-state index in [1.807, 2.05) is 6.07 Å². The topological polar surface area (TPSA) is 47.3 Å². The van der Waals surface area contributed by atoms with Crippen molar-refractivity contribution in [1.29, 1.82) is 0 Å². The van der Waals surface area contributed by atoms with Crippen LogP contribution in [-0.2, 0) is 6.42 Å². The maximum atomic E-state index is 5.87. The molecular formula is C15H24N2O.